The molecule has 3 aliphatic heterocycles. The summed E-state index contributed by atoms with van der Waals surface area (Å²) in [6.07, 6.45) is 2.47. The second-order valence-electron chi connectivity index (χ2n) is 8.93. The maximum absolute atomic E-state index is 12.9. The highest BCUT2D eigenvalue weighted by atomic mass is 35.5. The van der Waals surface area contributed by atoms with Crippen molar-refractivity contribution in [2.24, 2.45) is 5.92 Å². The average molecular weight is 466 g/mol. The first-order valence-electron chi connectivity index (χ1n) is 11.4. The summed E-state index contributed by atoms with van der Waals surface area (Å²) in [5.74, 6) is 1.29. The Morgan fingerprint density at radius 2 is 1.69 bits per heavy atom. The van der Waals surface area contributed by atoms with Gasteiger partial charge in [-0.1, -0.05) is 11.6 Å². The molecule has 2 atom stereocenters. The number of carbonyl (C=O) groups is 2. The first-order valence-corrected chi connectivity index (χ1v) is 11.8. The van der Waals surface area contributed by atoms with Crippen LogP contribution in [0.25, 0.3) is 0 Å². The Morgan fingerprint density at radius 1 is 1.06 bits per heavy atom. The van der Waals surface area contributed by atoms with Crippen LogP contribution in [0.3, 0.4) is 0 Å². The van der Waals surface area contributed by atoms with Gasteiger partial charge in [-0.2, -0.15) is 0 Å². The molecule has 2 fully saturated rings. The lowest BCUT2D eigenvalue weighted by atomic mass is 9.94. The Kier molecular flexibility index (Phi) is 7.43. The van der Waals surface area contributed by atoms with Gasteiger partial charge in [0.15, 0.2) is 11.5 Å². The van der Waals surface area contributed by atoms with Gasteiger partial charge in [0, 0.05) is 37.6 Å². The van der Waals surface area contributed by atoms with Gasteiger partial charge < -0.3 is 24.4 Å². The number of morpholine rings is 1. The number of anilines is 1. The second kappa shape index (κ2) is 10.3. The molecule has 0 aromatic heterocycles. The molecule has 0 spiro atoms. The van der Waals surface area contributed by atoms with Crippen molar-refractivity contribution in [1.29, 1.82) is 0 Å². The summed E-state index contributed by atoms with van der Waals surface area (Å²) in [4.78, 5) is 29.6. The molecule has 9 heteroatoms. The number of benzene rings is 1. The number of hydrogen-bond acceptors (Lipinski definition) is 6. The van der Waals surface area contributed by atoms with Crippen LogP contribution < -0.4 is 14.8 Å². The minimum absolute atomic E-state index is 0.0167. The molecule has 3 aliphatic rings. The minimum Gasteiger partial charge on any atom is -0.490 e. The first kappa shape index (κ1) is 23.1. The van der Waals surface area contributed by atoms with Crippen LogP contribution in [0.5, 0.6) is 11.5 Å². The predicted molar refractivity (Wildman–Crippen MR) is 121 cm³/mol. The summed E-state index contributed by atoms with van der Waals surface area (Å²) < 4.78 is 17.0. The van der Waals surface area contributed by atoms with Crippen molar-refractivity contribution in [1.82, 2.24) is 9.80 Å². The number of nitrogens with zero attached hydrogens (tertiary/aromatic N) is 2. The lowest BCUT2D eigenvalue weighted by molar-refractivity contribution is -0.148. The van der Waals surface area contributed by atoms with E-state index in [4.69, 9.17) is 25.8 Å². The Labute approximate surface area is 194 Å². The predicted octanol–water partition coefficient (Wildman–Crippen LogP) is 2.79. The van der Waals surface area contributed by atoms with E-state index in [2.05, 4.69) is 10.2 Å². The third-order valence-electron chi connectivity index (χ3n) is 6.15. The zero-order valence-electron chi connectivity index (χ0n) is 18.8. The van der Waals surface area contributed by atoms with Crippen molar-refractivity contribution in [3.63, 3.8) is 0 Å². The van der Waals surface area contributed by atoms with Crippen LogP contribution in [0.4, 0.5) is 5.69 Å². The van der Waals surface area contributed by atoms with Gasteiger partial charge in [0.25, 0.3) is 0 Å². The SMILES string of the molecule is CC1CN(C(=O)C2CCN(CC(=O)Nc3cc4c(cc3Cl)OCCCO4)CC2)CC(C)O1. The molecule has 0 aliphatic carbocycles. The van der Waals surface area contributed by atoms with Crippen molar-refractivity contribution in [2.75, 3.05) is 51.3 Å². The van der Waals surface area contributed by atoms with Gasteiger partial charge in [-0.05, 0) is 39.8 Å². The van der Waals surface area contributed by atoms with Crippen LogP contribution >= 0.6 is 11.6 Å². The molecule has 2 unspecified atom stereocenters. The molecule has 176 valence electrons. The summed E-state index contributed by atoms with van der Waals surface area (Å²) in [5, 5.41) is 3.30. The van der Waals surface area contributed by atoms with E-state index in [9.17, 15) is 9.59 Å². The van der Waals surface area contributed by atoms with Gasteiger partial charge in [-0.3, -0.25) is 14.5 Å². The van der Waals surface area contributed by atoms with Gasteiger partial charge in [0.1, 0.15) is 0 Å². The molecule has 1 aromatic rings. The molecule has 1 aromatic carbocycles. The number of hydrogen-bond donors (Lipinski definition) is 1. The molecular weight excluding hydrogens is 434 g/mol. The van der Waals surface area contributed by atoms with Crippen LogP contribution in [0, 0.1) is 5.92 Å². The number of likely N-dealkylation sites (tertiary alicyclic amines) is 1. The van der Waals surface area contributed by atoms with Gasteiger partial charge in [0.05, 0.1) is 42.7 Å². The molecule has 32 heavy (non-hydrogen) atoms. The smallest absolute Gasteiger partial charge is 0.238 e. The number of piperidine rings is 1. The van der Waals surface area contributed by atoms with E-state index in [1.165, 1.54) is 0 Å². The van der Waals surface area contributed by atoms with Crippen molar-refractivity contribution in [3.05, 3.63) is 17.2 Å². The van der Waals surface area contributed by atoms with E-state index < -0.39 is 0 Å². The Bertz CT molecular complexity index is 833. The van der Waals surface area contributed by atoms with E-state index in [1.807, 2.05) is 18.7 Å². The number of fused-ring (bicyclic) bond motifs is 1. The quantitative estimate of drug-likeness (QED) is 0.736. The molecule has 1 N–H and O–H groups in total. The maximum atomic E-state index is 12.9. The fourth-order valence-electron chi connectivity index (χ4n) is 4.63. The van der Waals surface area contributed by atoms with E-state index >= 15 is 0 Å². The van der Waals surface area contributed by atoms with Gasteiger partial charge in [-0.15, -0.1) is 0 Å². The summed E-state index contributed by atoms with van der Waals surface area (Å²) in [6.45, 7) is 8.16. The standard InChI is InChI=1S/C23H32ClN3O5/c1-15-12-27(13-16(2)32-15)23(29)17-4-6-26(7-5-17)14-22(28)25-19-11-21-20(10-18(19)24)30-8-3-9-31-21/h10-11,15-17H,3-9,12-14H2,1-2H3,(H,25,28). The molecule has 0 saturated carbocycles. The molecule has 2 amide bonds. The topological polar surface area (TPSA) is 80.3 Å². The first-order chi connectivity index (χ1) is 15.4. The zero-order valence-corrected chi connectivity index (χ0v) is 19.5. The minimum atomic E-state index is -0.137. The second-order valence-corrected chi connectivity index (χ2v) is 9.34. The molecule has 2 saturated heterocycles. The molecule has 0 radical (unpaired) electrons. The van der Waals surface area contributed by atoms with Crippen molar-refractivity contribution in [2.45, 2.75) is 45.3 Å². The zero-order chi connectivity index (χ0) is 22.7. The fraction of sp³-hybridized carbons (Fsp3) is 0.652. The van der Waals surface area contributed by atoms with Crippen LogP contribution in [-0.2, 0) is 14.3 Å². The summed E-state index contributed by atoms with van der Waals surface area (Å²) in [6, 6.07) is 3.40. The highest BCUT2D eigenvalue weighted by Crippen LogP contribution is 2.37. The summed E-state index contributed by atoms with van der Waals surface area (Å²) in [5.41, 5.74) is 0.515. The fourth-order valence-corrected chi connectivity index (χ4v) is 4.83. The molecule has 3 heterocycles. The maximum Gasteiger partial charge on any atom is 0.238 e. The lowest BCUT2D eigenvalue weighted by Crippen LogP contribution is -2.51. The lowest BCUT2D eigenvalue weighted by Gasteiger charge is -2.39. The van der Waals surface area contributed by atoms with Crippen LogP contribution in [-0.4, -0.2) is 79.8 Å². The highest BCUT2D eigenvalue weighted by Gasteiger charge is 2.33. The number of ether oxygens (including phenoxy) is 3. The van der Waals surface area contributed by atoms with Crippen LogP contribution in [0.15, 0.2) is 12.1 Å². The van der Waals surface area contributed by atoms with Crippen molar-refractivity contribution in [3.8, 4) is 11.5 Å². The number of amides is 2. The van der Waals surface area contributed by atoms with Gasteiger partial charge in [0.2, 0.25) is 11.8 Å². The highest BCUT2D eigenvalue weighted by molar-refractivity contribution is 6.34. The normalized spacial score (nSPS) is 24.7. The number of halogens is 1. The van der Waals surface area contributed by atoms with E-state index in [0.29, 0.717) is 61.6 Å². The molecule has 8 nitrogen and oxygen atoms in total. The van der Waals surface area contributed by atoms with E-state index in [0.717, 1.165) is 19.3 Å². The van der Waals surface area contributed by atoms with Crippen molar-refractivity contribution >= 4 is 29.1 Å². The molecular formula is C23H32ClN3O5. The number of rotatable bonds is 4. The van der Waals surface area contributed by atoms with E-state index in [1.54, 1.807) is 12.1 Å². The Balaban J connectivity index is 1.27. The van der Waals surface area contributed by atoms with E-state index in [-0.39, 0.29) is 36.5 Å². The third kappa shape index (κ3) is 5.66. The van der Waals surface area contributed by atoms with Crippen molar-refractivity contribution < 1.29 is 23.8 Å². The van der Waals surface area contributed by atoms with Gasteiger partial charge >= 0.3 is 0 Å². The Hall–Kier alpha value is -2.03. The van der Waals surface area contributed by atoms with Crippen LogP contribution in [0.1, 0.15) is 33.1 Å². The molecule has 0 bridgehead atoms. The number of nitrogens with one attached hydrogen (secondary N) is 1. The average Bonchev–Trinajstić information content (AvgIpc) is 2.98. The Morgan fingerprint density at radius 3 is 2.34 bits per heavy atom. The van der Waals surface area contributed by atoms with Crippen LogP contribution in [0.2, 0.25) is 5.02 Å². The summed E-state index contributed by atoms with van der Waals surface area (Å²) in [7, 11) is 0. The monoisotopic (exact) mass is 465 g/mol. The third-order valence-corrected chi connectivity index (χ3v) is 6.46. The molecule has 4 rings (SSSR count). The van der Waals surface area contributed by atoms with Gasteiger partial charge in [-0.25, -0.2) is 0 Å². The summed E-state index contributed by atoms with van der Waals surface area (Å²) >= 11 is 6.33. The largest absolute Gasteiger partial charge is 0.490 e. The number of carbonyl (C=O) groups excluding carboxylic acids is 2.